The predicted molar refractivity (Wildman–Crippen MR) is 152 cm³/mol. The van der Waals surface area contributed by atoms with E-state index in [0.29, 0.717) is 18.9 Å². The van der Waals surface area contributed by atoms with Crippen LogP contribution in [0.1, 0.15) is 61.6 Å². The minimum atomic E-state index is -0.770. The summed E-state index contributed by atoms with van der Waals surface area (Å²) in [5.41, 5.74) is 1.78. The molecule has 1 N–H and O–H groups in total. The van der Waals surface area contributed by atoms with Gasteiger partial charge in [-0.05, 0) is 42.4 Å². The topological polar surface area (TPSA) is 43.8 Å². The van der Waals surface area contributed by atoms with Gasteiger partial charge in [-0.3, -0.25) is 4.79 Å². The zero-order valence-electron chi connectivity index (χ0n) is 22.3. The third-order valence-electron chi connectivity index (χ3n) is 9.57. The van der Waals surface area contributed by atoms with Gasteiger partial charge in [0.25, 0.3) is 0 Å². The zero-order valence-corrected chi connectivity index (χ0v) is 22.3. The Morgan fingerprint density at radius 3 is 1.74 bits per heavy atom. The van der Waals surface area contributed by atoms with Crippen molar-refractivity contribution in [1.29, 1.82) is 0 Å². The fourth-order valence-electron chi connectivity index (χ4n) is 7.50. The highest BCUT2D eigenvalue weighted by molar-refractivity contribution is 5.95. The first-order valence-corrected chi connectivity index (χ1v) is 14.5. The first-order valence-electron chi connectivity index (χ1n) is 14.5. The summed E-state index contributed by atoms with van der Waals surface area (Å²) >= 11 is 0. The number of hydrogen-bond acceptors (Lipinski definition) is 3. The average Bonchev–Trinajstić information content (AvgIpc) is 3.28. The number of benzene rings is 3. The van der Waals surface area contributed by atoms with E-state index in [1.165, 1.54) is 19.3 Å². The van der Waals surface area contributed by atoms with Crippen LogP contribution in [0.3, 0.4) is 0 Å². The third-order valence-corrected chi connectivity index (χ3v) is 9.57. The molecule has 3 aromatic carbocycles. The lowest BCUT2D eigenvalue weighted by molar-refractivity contribution is -0.134. The summed E-state index contributed by atoms with van der Waals surface area (Å²) in [5.74, 6) is 0.425. The van der Waals surface area contributed by atoms with E-state index in [9.17, 15) is 9.90 Å². The van der Waals surface area contributed by atoms with Crippen LogP contribution in [-0.4, -0.2) is 53.0 Å². The Kier molecular flexibility index (Phi) is 7.11. The van der Waals surface area contributed by atoms with Gasteiger partial charge in [-0.15, -0.1) is 0 Å². The van der Waals surface area contributed by atoms with Crippen LogP contribution < -0.4 is 0 Å². The van der Waals surface area contributed by atoms with Crippen molar-refractivity contribution in [2.75, 3.05) is 26.2 Å². The number of piperidine rings is 1. The molecule has 0 aromatic heterocycles. The summed E-state index contributed by atoms with van der Waals surface area (Å²) in [7, 11) is 0. The van der Waals surface area contributed by atoms with E-state index in [1.807, 2.05) is 42.5 Å². The molecular formula is C34H40N2O2. The molecule has 4 heteroatoms. The average molecular weight is 509 g/mol. The Bertz CT molecular complexity index is 1160. The molecule has 3 aromatic rings. The molecule has 2 saturated heterocycles. The fourth-order valence-corrected chi connectivity index (χ4v) is 7.50. The van der Waals surface area contributed by atoms with E-state index >= 15 is 0 Å². The van der Waals surface area contributed by atoms with Crippen LogP contribution in [-0.2, 0) is 15.8 Å². The van der Waals surface area contributed by atoms with Crippen molar-refractivity contribution in [3.8, 4) is 0 Å². The predicted octanol–water partition coefficient (Wildman–Crippen LogP) is 5.75. The summed E-state index contributed by atoms with van der Waals surface area (Å²) in [6.07, 6.45) is 7.38. The van der Waals surface area contributed by atoms with Gasteiger partial charge in [0, 0.05) is 38.1 Å². The van der Waals surface area contributed by atoms with Crippen molar-refractivity contribution in [3.63, 3.8) is 0 Å². The normalized spacial score (nSPS) is 24.0. The molecule has 4 nitrogen and oxygen atoms in total. The zero-order chi connectivity index (χ0) is 26.0. The molecule has 1 unspecified atom stereocenters. The molecule has 198 valence electrons. The molecule has 1 aliphatic carbocycles. The summed E-state index contributed by atoms with van der Waals surface area (Å²) < 4.78 is 0. The van der Waals surface area contributed by atoms with Gasteiger partial charge >= 0.3 is 0 Å². The minimum Gasteiger partial charge on any atom is -0.385 e. The standard InChI is InChI=1S/C34H40N2O2/c37-32-34(28-15-7-2-8-16-28,29-17-9-3-10-18-29)30(26-36(32)31-19-11-4-12-20-31)25-35-23-21-33(38,22-24-35)27-13-5-1-6-14-27/h1-3,5-10,13-18,30-31,38H,4,11-12,19-26H2. The van der Waals surface area contributed by atoms with Crippen LogP contribution >= 0.6 is 0 Å². The maximum Gasteiger partial charge on any atom is 0.238 e. The minimum absolute atomic E-state index is 0.143. The SMILES string of the molecule is O=C1N(C2CCCCC2)CC(CN2CCC(O)(c3ccccc3)CC2)C1(c1ccccc1)c1ccccc1. The molecule has 3 fully saturated rings. The number of amides is 1. The van der Waals surface area contributed by atoms with Gasteiger partial charge in [-0.1, -0.05) is 110 Å². The number of carbonyl (C=O) groups excluding carboxylic acids is 1. The van der Waals surface area contributed by atoms with Crippen LogP contribution in [0.5, 0.6) is 0 Å². The molecule has 0 radical (unpaired) electrons. The van der Waals surface area contributed by atoms with Crippen molar-refractivity contribution < 1.29 is 9.90 Å². The van der Waals surface area contributed by atoms with E-state index < -0.39 is 11.0 Å². The van der Waals surface area contributed by atoms with Crippen molar-refractivity contribution >= 4 is 5.91 Å². The van der Waals surface area contributed by atoms with E-state index in [4.69, 9.17) is 0 Å². The highest BCUT2D eigenvalue weighted by Gasteiger charge is 2.57. The first-order chi connectivity index (χ1) is 18.6. The highest BCUT2D eigenvalue weighted by Crippen LogP contribution is 2.48. The first kappa shape index (κ1) is 25.3. The summed E-state index contributed by atoms with van der Waals surface area (Å²) in [4.78, 5) is 19.5. The Morgan fingerprint density at radius 2 is 1.21 bits per heavy atom. The van der Waals surface area contributed by atoms with E-state index in [0.717, 1.165) is 55.7 Å². The van der Waals surface area contributed by atoms with Crippen LogP contribution in [0.2, 0.25) is 0 Å². The van der Waals surface area contributed by atoms with Gasteiger partial charge < -0.3 is 14.9 Å². The van der Waals surface area contributed by atoms with Crippen molar-refractivity contribution in [1.82, 2.24) is 9.80 Å². The van der Waals surface area contributed by atoms with Crippen LogP contribution in [0, 0.1) is 5.92 Å². The fraction of sp³-hybridized carbons (Fsp3) is 0.441. The lowest BCUT2D eigenvalue weighted by Gasteiger charge is -2.42. The number of carbonyl (C=O) groups is 1. The van der Waals surface area contributed by atoms with E-state index in [1.54, 1.807) is 0 Å². The molecule has 1 saturated carbocycles. The van der Waals surface area contributed by atoms with Crippen LogP contribution in [0.4, 0.5) is 0 Å². The number of rotatable bonds is 6. The second-order valence-corrected chi connectivity index (χ2v) is 11.7. The smallest absolute Gasteiger partial charge is 0.238 e. The molecule has 1 atom stereocenters. The summed E-state index contributed by atoms with van der Waals surface area (Å²) in [6.45, 7) is 3.31. The quantitative estimate of drug-likeness (QED) is 0.461. The number of likely N-dealkylation sites (tertiary alicyclic amines) is 2. The molecule has 1 amide bonds. The molecule has 2 heterocycles. The molecular weight excluding hydrogens is 468 g/mol. The van der Waals surface area contributed by atoms with Crippen molar-refractivity contribution in [2.24, 2.45) is 5.92 Å². The Balaban J connectivity index is 1.34. The van der Waals surface area contributed by atoms with Gasteiger partial charge in [0.05, 0.1) is 5.60 Å². The molecule has 3 aliphatic rings. The molecule has 0 spiro atoms. The van der Waals surface area contributed by atoms with Crippen molar-refractivity contribution in [3.05, 3.63) is 108 Å². The van der Waals surface area contributed by atoms with Gasteiger partial charge in [0.15, 0.2) is 0 Å². The number of nitrogens with zero attached hydrogens (tertiary/aromatic N) is 2. The third kappa shape index (κ3) is 4.48. The van der Waals surface area contributed by atoms with Crippen LogP contribution in [0.15, 0.2) is 91.0 Å². The van der Waals surface area contributed by atoms with Gasteiger partial charge in [0.1, 0.15) is 5.41 Å². The maximum absolute atomic E-state index is 14.7. The monoisotopic (exact) mass is 508 g/mol. The van der Waals surface area contributed by atoms with Crippen molar-refractivity contribution in [2.45, 2.75) is 62.0 Å². The van der Waals surface area contributed by atoms with E-state index in [2.05, 4.69) is 58.3 Å². The summed E-state index contributed by atoms with van der Waals surface area (Å²) in [6, 6.07) is 31.5. The van der Waals surface area contributed by atoms with Gasteiger partial charge in [0.2, 0.25) is 5.91 Å². The summed E-state index contributed by atoms with van der Waals surface area (Å²) in [5, 5.41) is 11.4. The molecule has 6 rings (SSSR count). The van der Waals surface area contributed by atoms with Gasteiger partial charge in [-0.25, -0.2) is 0 Å². The Morgan fingerprint density at radius 1 is 0.711 bits per heavy atom. The molecule has 2 aliphatic heterocycles. The van der Waals surface area contributed by atoms with Gasteiger partial charge in [-0.2, -0.15) is 0 Å². The molecule has 0 bridgehead atoms. The maximum atomic E-state index is 14.7. The lowest BCUT2D eigenvalue weighted by atomic mass is 9.66. The number of hydrogen-bond donors (Lipinski definition) is 1. The Labute approximate surface area is 227 Å². The number of aliphatic hydroxyl groups is 1. The lowest BCUT2D eigenvalue weighted by Crippen LogP contribution is -2.49. The second kappa shape index (κ2) is 10.7. The second-order valence-electron chi connectivity index (χ2n) is 11.7. The Hall–Kier alpha value is -2.95. The van der Waals surface area contributed by atoms with Crippen LogP contribution in [0.25, 0.3) is 0 Å². The molecule has 38 heavy (non-hydrogen) atoms. The largest absolute Gasteiger partial charge is 0.385 e. The highest BCUT2D eigenvalue weighted by atomic mass is 16.3. The van der Waals surface area contributed by atoms with E-state index in [-0.39, 0.29) is 11.8 Å².